The topological polar surface area (TPSA) is 128 Å². The molecule has 2 aromatic heterocycles. The Morgan fingerprint density at radius 1 is 0.893 bits per heavy atom. The highest BCUT2D eigenvalue weighted by atomic mass is 32.2. The number of hydrogen-bond donors (Lipinski definition) is 2. The van der Waals surface area contributed by atoms with Crippen LogP contribution >= 0.6 is 11.8 Å². The molecule has 2 atom stereocenters. The Bertz CT molecular complexity index is 2540. The molecule has 290 valence electrons. The van der Waals surface area contributed by atoms with Gasteiger partial charge in [0.2, 0.25) is 0 Å². The second-order valence-electron chi connectivity index (χ2n) is 15.6. The van der Waals surface area contributed by atoms with Crippen LogP contribution in [0.5, 0.6) is 11.5 Å². The summed E-state index contributed by atoms with van der Waals surface area (Å²) in [6.45, 7) is 9.79. The van der Waals surface area contributed by atoms with Crippen LogP contribution in [0, 0.1) is 11.3 Å². The van der Waals surface area contributed by atoms with Crippen molar-refractivity contribution >= 4 is 67.8 Å². The van der Waals surface area contributed by atoms with Gasteiger partial charge in [0, 0.05) is 58.7 Å². The monoisotopic (exact) mass is 773 g/mol. The van der Waals surface area contributed by atoms with E-state index in [1.54, 1.807) is 37.5 Å². The molecular formula is C44H47N5O6S. The summed E-state index contributed by atoms with van der Waals surface area (Å²) in [6.07, 6.45) is 11.6. The second-order valence-corrected chi connectivity index (χ2v) is 16.3. The number of carbonyl (C=O) groups is 4. The Morgan fingerprint density at radius 3 is 2.05 bits per heavy atom. The number of aromatic nitrogens is 2. The fourth-order valence-electron chi connectivity index (χ4n) is 10.3. The number of aromatic amines is 2. The molecule has 1 saturated heterocycles. The lowest BCUT2D eigenvalue weighted by Gasteiger charge is -2.29. The molecule has 9 rings (SSSR count). The number of anilines is 2. The minimum absolute atomic E-state index is 0.00778. The first kappa shape index (κ1) is 36.4. The van der Waals surface area contributed by atoms with Crippen LogP contribution in [0.25, 0.3) is 21.8 Å². The maximum absolute atomic E-state index is 14.8. The number of nitrogens with zero attached hydrogens (tertiary/aromatic N) is 3. The van der Waals surface area contributed by atoms with E-state index in [1.165, 1.54) is 11.8 Å². The lowest BCUT2D eigenvalue weighted by Crippen LogP contribution is -2.32. The van der Waals surface area contributed by atoms with E-state index in [2.05, 4.69) is 23.8 Å². The van der Waals surface area contributed by atoms with Crippen LogP contribution in [0.15, 0.2) is 47.2 Å². The number of thioether (sulfide) groups is 1. The summed E-state index contributed by atoms with van der Waals surface area (Å²) in [6, 6.07) is 3.83. The Hall–Kier alpha value is -5.23. The molecule has 4 aromatic rings. The van der Waals surface area contributed by atoms with E-state index in [9.17, 15) is 19.2 Å². The molecule has 3 amide bonds. The number of allylic oxidation sites excluding steroid dienone is 5. The van der Waals surface area contributed by atoms with Crippen LogP contribution in [-0.2, 0) is 30.5 Å². The van der Waals surface area contributed by atoms with Crippen LogP contribution in [0.2, 0.25) is 0 Å². The summed E-state index contributed by atoms with van der Waals surface area (Å²) in [5.41, 5.74) is 10.7. The summed E-state index contributed by atoms with van der Waals surface area (Å²) in [5.74, 6) is 1.14. The first-order valence-corrected chi connectivity index (χ1v) is 20.9. The molecule has 0 bridgehead atoms. The SMILES string of the molecule is C/C=C(/C)C1=CC(=O)C=C2N(C(=O)c3cc4c5c(c(CCC)c(OC)c4[nH]3)N(C(=O)c3cc4c6c(c(CC)c(OC)c4[nH]3)N(C(=O)SC)CC6)CC5)CC3CC123. The molecule has 56 heavy (non-hydrogen) atoms. The van der Waals surface area contributed by atoms with E-state index in [-0.39, 0.29) is 34.2 Å². The Kier molecular flexibility index (Phi) is 8.57. The molecule has 12 heteroatoms. The predicted octanol–water partition coefficient (Wildman–Crippen LogP) is 8.05. The number of rotatable bonds is 8. The van der Waals surface area contributed by atoms with Gasteiger partial charge in [-0.05, 0) is 93.0 Å². The first-order chi connectivity index (χ1) is 27.1. The van der Waals surface area contributed by atoms with E-state index in [1.807, 2.05) is 41.9 Å². The maximum Gasteiger partial charge on any atom is 0.285 e. The Balaban J connectivity index is 1.12. The molecule has 0 radical (unpaired) electrons. The van der Waals surface area contributed by atoms with Gasteiger partial charge in [-0.2, -0.15) is 0 Å². The molecule has 2 unspecified atom stereocenters. The smallest absolute Gasteiger partial charge is 0.285 e. The quantitative estimate of drug-likeness (QED) is 0.186. The number of amides is 3. The van der Waals surface area contributed by atoms with Gasteiger partial charge < -0.3 is 34.1 Å². The number of methoxy groups -OCH3 is 2. The van der Waals surface area contributed by atoms with Crippen molar-refractivity contribution in [2.45, 2.75) is 66.2 Å². The third-order valence-corrected chi connectivity index (χ3v) is 13.5. The van der Waals surface area contributed by atoms with E-state index in [0.717, 1.165) is 85.1 Å². The van der Waals surface area contributed by atoms with Gasteiger partial charge in [-0.3, -0.25) is 19.2 Å². The molecule has 5 aliphatic rings. The third kappa shape index (κ3) is 4.90. The molecule has 2 aliphatic carbocycles. The number of piperidine rings is 1. The highest BCUT2D eigenvalue weighted by Gasteiger charge is 2.67. The highest BCUT2D eigenvalue weighted by Crippen LogP contribution is 2.70. The normalized spacial score (nSPS) is 21.0. The zero-order valence-electron chi connectivity index (χ0n) is 33.0. The summed E-state index contributed by atoms with van der Waals surface area (Å²) < 4.78 is 12.1. The molecule has 1 saturated carbocycles. The van der Waals surface area contributed by atoms with Crippen molar-refractivity contribution in [2.24, 2.45) is 11.3 Å². The molecule has 11 nitrogen and oxygen atoms in total. The molecule has 1 spiro atoms. The van der Waals surface area contributed by atoms with E-state index < -0.39 is 0 Å². The number of H-pyrrole nitrogens is 2. The van der Waals surface area contributed by atoms with Gasteiger partial charge >= 0.3 is 0 Å². The van der Waals surface area contributed by atoms with E-state index in [0.29, 0.717) is 68.2 Å². The number of ketones is 1. The fourth-order valence-corrected chi connectivity index (χ4v) is 10.7. The van der Waals surface area contributed by atoms with Crippen molar-refractivity contribution < 1.29 is 28.7 Å². The number of nitrogens with one attached hydrogen (secondary N) is 2. The van der Waals surface area contributed by atoms with Gasteiger partial charge in [-0.15, -0.1) is 0 Å². The van der Waals surface area contributed by atoms with E-state index in [4.69, 9.17) is 9.47 Å². The Morgan fingerprint density at radius 2 is 1.48 bits per heavy atom. The van der Waals surface area contributed by atoms with Crippen LogP contribution in [-0.4, -0.2) is 77.8 Å². The van der Waals surface area contributed by atoms with Gasteiger partial charge in [0.15, 0.2) is 5.78 Å². The van der Waals surface area contributed by atoms with Crippen LogP contribution in [0.3, 0.4) is 0 Å². The van der Waals surface area contributed by atoms with E-state index >= 15 is 0 Å². The van der Waals surface area contributed by atoms with Gasteiger partial charge in [0.1, 0.15) is 22.9 Å². The largest absolute Gasteiger partial charge is 0.494 e. The van der Waals surface area contributed by atoms with Crippen LogP contribution in [0.4, 0.5) is 16.2 Å². The molecule has 2 fully saturated rings. The van der Waals surface area contributed by atoms with Crippen molar-refractivity contribution in [1.29, 1.82) is 0 Å². The molecule has 2 N–H and O–H groups in total. The van der Waals surface area contributed by atoms with Crippen molar-refractivity contribution in [3.63, 3.8) is 0 Å². The number of fused-ring (bicyclic) bond motifs is 6. The van der Waals surface area contributed by atoms with Gasteiger partial charge in [-0.1, -0.05) is 43.7 Å². The first-order valence-electron chi connectivity index (χ1n) is 19.7. The number of hydrogen-bond acceptors (Lipinski definition) is 7. The fraction of sp³-hybridized carbons (Fsp3) is 0.409. The number of benzene rings is 2. The molecule has 5 heterocycles. The van der Waals surface area contributed by atoms with Gasteiger partial charge in [0.05, 0.1) is 36.6 Å². The minimum Gasteiger partial charge on any atom is -0.494 e. The van der Waals surface area contributed by atoms with Crippen molar-refractivity contribution in [2.75, 3.05) is 49.9 Å². The Labute approximate surface area is 330 Å². The number of carbonyl (C=O) groups excluding carboxylic acids is 4. The van der Waals surface area contributed by atoms with Crippen molar-refractivity contribution in [1.82, 2.24) is 14.9 Å². The van der Waals surface area contributed by atoms with Gasteiger partial charge in [0.25, 0.3) is 17.1 Å². The van der Waals surface area contributed by atoms with Crippen molar-refractivity contribution in [3.05, 3.63) is 80.8 Å². The van der Waals surface area contributed by atoms with Crippen LogP contribution < -0.4 is 19.3 Å². The standard InChI is InChI=1S/C44H47N5O6S/c1-8-11-28-38-27(12-14-47(38)41(51)32-18-29-26-13-15-48(43(53)56-7)37(26)25(10-3)39(54-5)35(29)45-32)30-19-33(46-36(30)40(28)55-6)42(52)49-21-23-20-44(23)31(22(4)9-2)16-24(50)17-34(44)49/h9,16-19,23,45-46H,8,10-15,20-21H2,1-7H3/b22-9-. The summed E-state index contributed by atoms with van der Waals surface area (Å²) in [5, 5.41) is 1.74. The zero-order chi connectivity index (χ0) is 39.4. The predicted molar refractivity (Wildman–Crippen MR) is 221 cm³/mol. The zero-order valence-corrected chi connectivity index (χ0v) is 33.8. The lowest BCUT2D eigenvalue weighted by atomic mass is 9.82. The molecular weight excluding hydrogens is 727 g/mol. The van der Waals surface area contributed by atoms with Crippen molar-refractivity contribution in [3.8, 4) is 11.5 Å². The summed E-state index contributed by atoms with van der Waals surface area (Å²) in [4.78, 5) is 67.5. The van der Waals surface area contributed by atoms with Crippen LogP contribution in [0.1, 0.15) is 83.8 Å². The maximum atomic E-state index is 14.8. The average molecular weight is 774 g/mol. The lowest BCUT2D eigenvalue weighted by molar-refractivity contribution is -0.110. The van der Waals surface area contributed by atoms with Gasteiger partial charge in [-0.25, -0.2) is 0 Å². The third-order valence-electron chi connectivity index (χ3n) is 12.9. The minimum atomic E-state index is -0.281. The highest BCUT2D eigenvalue weighted by molar-refractivity contribution is 8.13. The average Bonchev–Trinajstić information content (AvgIpc) is 3.85. The number of ether oxygens (including phenoxy) is 2. The molecule has 2 aromatic carbocycles. The number of likely N-dealkylation sites (tertiary alicyclic amines) is 1. The summed E-state index contributed by atoms with van der Waals surface area (Å²) in [7, 11) is 3.27. The molecule has 3 aliphatic heterocycles. The second kappa shape index (κ2) is 13.2. The summed E-state index contributed by atoms with van der Waals surface area (Å²) >= 11 is 1.20.